The van der Waals surface area contributed by atoms with Gasteiger partial charge in [-0.3, -0.25) is 4.79 Å². The van der Waals surface area contributed by atoms with Crippen molar-refractivity contribution in [1.29, 1.82) is 0 Å². The lowest BCUT2D eigenvalue weighted by molar-refractivity contribution is 0.0736. The molecule has 0 aromatic heterocycles. The fraction of sp³-hybridized carbons (Fsp3) is 0.389. The highest BCUT2D eigenvalue weighted by molar-refractivity contribution is 5.98. The van der Waals surface area contributed by atoms with E-state index in [-0.39, 0.29) is 5.91 Å². The summed E-state index contributed by atoms with van der Waals surface area (Å²) in [6.07, 6.45) is 2.27. The van der Waals surface area contributed by atoms with Gasteiger partial charge in [-0.1, -0.05) is 37.6 Å². The van der Waals surface area contributed by atoms with Gasteiger partial charge in [-0.25, -0.2) is 0 Å². The van der Waals surface area contributed by atoms with Crippen LogP contribution in [0.25, 0.3) is 10.8 Å². The average Bonchev–Trinajstić information content (AvgIpc) is 2.55. The standard InChI is InChI=1S/C18H22N2O/c1-2-3-14-4-5-16-13-17(7-6-15(16)12-14)18(21)20-10-8-19-9-11-20/h4-7,12-13,19H,2-3,8-11H2,1H3. The molecular weight excluding hydrogens is 260 g/mol. The van der Waals surface area contributed by atoms with Crippen LogP contribution in [0.1, 0.15) is 29.3 Å². The third-order valence-electron chi connectivity index (χ3n) is 4.09. The molecule has 3 heteroatoms. The van der Waals surface area contributed by atoms with Crippen LogP contribution >= 0.6 is 0 Å². The van der Waals surface area contributed by atoms with E-state index in [0.717, 1.165) is 50.0 Å². The largest absolute Gasteiger partial charge is 0.336 e. The van der Waals surface area contributed by atoms with E-state index in [0.29, 0.717) is 0 Å². The first-order chi connectivity index (χ1) is 10.3. The lowest BCUT2D eigenvalue weighted by Crippen LogP contribution is -2.46. The molecular formula is C18H22N2O. The fourth-order valence-corrected chi connectivity index (χ4v) is 2.92. The third-order valence-corrected chi connectivity index (χ3v) is 4.09. The third kappa shape index (κ3) is 3.08. The van der Waals surface area contributed by atoms with Crippen molar-refractivity contribution >= 4 is 16.7 Å². The Morgan fingerprint density at radius 1 is 1.10 bits per heavy atom. The lowest BCUT2D eigenvalue weighted by Gasteiger charge is -2.27. The van der Waals surface area contributed by atoms with Crippen LogP contribution < -0.4 is 5.32 Å². The number of carbonyl (C=O) groups excluding carboxylic acids is 1. The van der Waals surface area contributed by atoms with Crippen molar-refractivity contribution < 1.29 is 4.79 Å². The first kappa shape index (κ1) is 14.1. The van der Waals surface area contributed by atoms with Crippen molar-refractivity contribution in [2.24, 2.45) is 0 Å². The summed E-state index contributed by atoms with van der Waals surface area (Å²) < 4.78 is 0. The van der Waals surface area contributed by atoms with Gasteiger partial charge in [0.15, 0.2) is 0 Å². The van der Waals surface area contributed by atoms with E-state index in [1.165, 1.54) is 10.9 Å². The van der Waals surface area contributed by atoms with Crippen molar-refractivity contribution in [3.63, 3.8) is 0 Å². The highest BCUT2D eigenvalue weighted by Crippen LogP contribution is 2.20. The van der Waals surface area contributed by atoms with Gasteiger partial charge in [-0.2, -0.15) is 0 Å². The van der Waals surface area contributed by atoms with Gasteiger partial charge < -0.3 is 10.2 Å². The molecule has 0 bridgehead atoms. The number of rotatable bonds is 3. The number of piperazine rings is 1. The summed E-state index contributed by atoms with van der Waals surface area (Å²) in [5.74, 6) is 0.149. The monoisotopic (exact) mass is 282 g/mol. The van der Waals surface area contributed by atoms with Crippen molar-refractivity contribution in [3.8, 4) is 0 Å². The summed E-state index contributed by atoms with van der Waals surface area (Å²) in [6.45, 7) is 5.57. The number of hydrogen-bond acceptors (Lipinski definition) is 2. The van der Waals surface area contributed by atoms with Gasteiger partial charge in [0.05, 0.1) is 0 Å². The molecule has 3 nitrogen and oxygen atoms in total. The number of amides is 1. The maximum Gasteiger partial charge on any atom is 0.253 e. The maximum atomic E-state index is 12.5. The van der Waals surface area contributed by atoms with Gasteiger partial charge in [-0.05, 0) is 34.9 Å². The molecule has 2 aromatic rings. The number of nitrogens with one attached hydrogen (secondary N) is 1. The molecule has 21 heavy (non-hydrogen) atoms. The summed E-state index contributed by atoms with van der Waals surface area (Å²) in [7, 11) is 0. The predicted octanol–water partition coefficient (Wildman–Crippen LogP) is 2.84. The van der Waals surface area contributed by atoms with Gasteiger partial charge in [-0.15, -0.1) is 0 Å². The molecule has 110 valence electrons. The summed E-state index contributed by atoms with van der Waals surface area (Å²) >= 11 is 0. The second-order valence-corrected chi connectivity index (χ2v) is 5.69. The molecule has 0 unspecified atom stereocenters. The van der Waals surface area contributed by atoms with Crippen molar-refractivity contribution in [1.82, 2.24) is 10.2 Å². The maximum absolute atomic E-state index is 12.5. The molecule has 1 fully saturated rings. The summed E-state index contributed by atoms with van der Waals surface area (Å²) in [5.41, 5.74) is 2.17. The topological polar surface area (TPSA) is 32.3 Å². The molecule has 1 saturated heterocycles. The molecule has 2 aromatic carbocycles. The molecule has 0 atom stereocenters. The first-order valence-electron chi connectivity index (χ1n) is 7.80. The highest BCUT2D eigenvalue weighted by Gasteiger charge is 2.17. The molecule has 3 rings (SSSR count). The number of benzene rings is 2. The Hall–Kier alpha value is -1.87. The highest BCUT2D eigenvalue weighted by atomic mass is 16.2. The Balaban J connectivity index is 1.86. The summed E-state index contributed by atoms with van der Waals surface area (Å²) in [4.78, 5) is 14.4. The van der Waals surface area contributed by atoms with Crippen LogP contribution in [-0.2, 0) is 6.42 Å². The molecule has 1 N–H and O–H groups in total. The number of nitrogens with zero attached hydrogens (tertiary/aromatic N) is 1. The second-order valence-electron chi connectivity index (χ2n) is 5.69. The number of aryl methyl sites for hydroxylation is 1. The minimum absolute atomic E-state index is 0.149. The number of carbonyl (C=O) groups is 1. The number of fused-ring (bicyclic) bond motifs is 1. The minimum atomic E-state index is 0.149. The fourth-order valence-electron chi connectivity index (χ4n) is 2.92. The molecule has 1 amide bonds. The molecule has 0 radical (unpaired) electrons. The van der Waals surface area contributed by atoms with E-state index < -0.39 is 0 Å². The van der Waals surface area contributed by atoms with Crippen LogP contribution in [0, 0.1) is 0 Å². The Morgan fingerprint density at radius 3 is 2.57 bits per heavy atom. The van der Waals surface area contributed by atoms with Crippen LogP contribution in [0.15, 0.2) is 36.4 Å². The Kier molecular flexibility index (Phi) is 4.20. The number of hydrogen-bond donors (Lipinski definition) is 1. The van der Waals surface area contributed by atoms with Gasteiger partial charge >= 0.3 is 0 Å². The molecule has 0 spiro atoms. The zero-order valence-corrected chi connectivity index (χ0v) is 12.6. The lowest BCUT2D eigenvalue weighted by atomic mass is 10.0. The molecule has 1 aliphatic rings. The molecule has 0 saturated carbocycles. The zero-order valence-electron chi connectivity index (χ0n) is 12.6. The quantitative estimate of drug-likeness (QED) is 0.939. The Morgan fingerprint density at radius 2 is 1.81 bits per heavy atom. The van der Waals surface area contributed by atoms with Crippen LogP contribution in [0.3, 0.4) is 0 Å². The Labute approximate surface area is 125 Å². The zero-order chi connectivity index (χ0) is 14.7. The smallest absolute Gasteiger partial charge is 0.253 e. The van der Waals surface area contributed by atoms with Gasteiger partial charge in [0.2, 0.25) is 0 Å². The van der Waals surface area contributed by atoms with Gasteiger partial charge in [0.25, 0.3) is 5.91 Å². The summed E-state index contributed by atoms with van der Waals surface area (Å²) in [5, 5.41) is 5.64. The van der Waals surface area contributed by atoms with E-state index in [1.807, 2.05) is 17.0 Å². The molecule has 0 aliphatic carbocycles. The summed E-state index contributed by atoms with van der Waals surface area (Å²) in [6, 6.07) is 12.6. The second kappa shape index (κ2) is 6.27. The van der Waals surface area contributed by atoms with Crippen LogP contribution in [-0.4, -0.2) is 37.0 Å². The minimum Gasteiger partial charge on any atom is -0.336 e. The SMILES string of the molecule is CCCc1ccc2cc(C(=O)N3CCNCC3)ccc2c1. The van der Waals surface area contributed by atoms with E-state index in [2.05, 4.69) is 36.5 Å². The van der Waals surface area contributed by atoms with Gasteiger partial charge in [0.1, 0.15) is 0 Å². The normalized spacial score (nSPS) is 15.4. The van der Waals surface area contributed by atoms with Crippen LogP contribution in [0.4, 0.5) is 0 Å². The van der Waals surface area contributed by atoms with Crippen LogP contribution in [0.5, 0.6) is 0 Å². The predicted molar refractivity (Wildman–Crippen MR) is 86.7 cm³/mol. The van der Waals surface area contributed by atoms with Crippen molar-refractivity contribution in [2.75, 3.05) is 26.2 Å². The van der Waals surface area contributed by atoms with Crippen molar-refractivity contribution in [3.05, 3.63) is 47.5 Å². The van der Waals surface area contributed by atoms with E-state index >= 15 is 0 Å². The van der Waals surface area contributed by atoms with E-state index in [9.17, 15) is 4.79 Å². The first-order valence-corrected chi connectivity index (χ1v) is 7.80. The van der Waals surface area contributed by atoms with E-state index in [1.54, 1.807) is 0 Å². The molecule has 1 aliphatic heterocycles. The van der Waals surface area contributed by atoms with Crippen molar-refractivity contribution in [2.45, 2.75) is 19.8 Å². The van der Waals surface area contributed by atoms with Crippen LogP contribution in [0.2, 0.25) is 0 Å². The average molecular weight is 282 g/mol. The van der Waals surface area contributed by atoms with Gasteiger partial charge in [0, 0.05) is 31.7 Å². The van der Waals surface area contributed by atoms with E-state index in [4.69, 9.17) is 0 Å². The Bertz CT molecular complexity index is 645. The molecule has 1 heterocycles.